The highest BCUT2D eigenvalue weighted by molar-refractivity contribution is 6.30. The zero-order valence-corrected chi connectivity index (χ0v) is 11.6. The highest BCUT2D eigenvalue weighted by Crippen LogP contribution is 2.30. The number of hydrogen-bond donors (Lipinski definition) is 1. The van der Waals surface area contributed by atoms with Gasteiger partial charge in [-0.1, -0.05) is 36.2 Å². The van der Waals surface area contributed by atoms with Gasteiger partial charge in [0.2, 0.25) is 0 Å². The van der Waals surface area contributed by atoms with Crippen LogP contribution in [0.15, 0.2) is 30.3 Å². The van der Waals surface area contributed by atoms with E-state index >= 15 is 0 Å². The summed E-state index contributed by atoms with van der Waals surface area (Å²) in [6.45, 7) is 1.08. The first-order valence-corrected chi connectivity index (χ1v) is 6.51. The molecule has 0 spiro atoms. The van der Waals surface area contributed by atoms with Crippen LogP contribution in [-0.2, 0) is 0 Å². The van der Waals surface area contributed by atoms with Crippen LogP contribution in [0.25, 0.3) is 10.9 Å². The third kappa shape index (κ3) is 2.61. The van der Waals surface area contributed by atoms with Gasteiger partial charge in [0.1, 0.15) is 5.15 Å². The number of hydrogen-bond acceptors (Lipinski definition) is 2. The smallest absolute Gasteiger partial charge is 0.134 e. The lowest BCUT2D eigenvalue weighted by molar-refractivity contribution is 0.412. The van der Waals surface area contributed by atoms with Gasteiger partial charge in [0.25, 0.3) is 0 Å². The van der Waals surface area contributed by atoms with Crippen LogP contribution in [0.2, 0.25) is 5.15 Å². The van der Waals surface area contributed by atoms with Crippen molar-refractivity contribution < 1.29 is 0 Å². The Balaban J connectivity index is 0.00000120. The summed E-state index contributed by atoms with van der Waals surface area (Å²) in [5, 5.41) is 5.32. The van der Waals surface area contributed by atoms with Gasteiger partial charge in [0.05, 0.1) is 5.52 Å². The molecule has 1 N–H and O–H groups in total. The first-order chi connectivity index (χ1) is 8.34. The lowest BCUT2D eigenvalue weighted by Gasteiger charge is -2.24. The van der Waals surface area contributed by atoms with Crippen molar-refractivity contribution in [3.63, 3.8) is 0 Å². The van der Waals surface area contributed by atoms with Crippen LogP contribution in [0, 0.1) is 0 Å². The number of pyridine rings is 1. The number of nitrogens with one attached hydrogen (secondary N) is 1. The van der Waals surface area contributed by atoms with Crippen molar-refractivity contribution in [3.05, 3.63) is 41.0 Å². The van der Waals surface area contributed by atoms with Crippen molar-refractivity contribution >= 4 is 34.9 Å². The average Bonchev–Trinajstić information content (AvgIpc) is 2.39. The third-order valence-corrected chi connectivity index (χ3v) is 3.69. The summed E-state index contributed by atoms with van der Waals surface area (Å²) in [5.74, 6) is 0. The number of fused-ring (bicyclic) bond motifs is 1. The van der Waals surface area contributed by atoms with Gasteiger partial charge in [-0.05, 0) is 31.5 Å². The Morgan fingerprint density at radius 3 is 2.83 bits per heavy atom. The Morgan fingerprint density at radius 2 is 2.06 bits per heavy atom. The molecule has 0 radical (unpaired) electrons. The van der Waals surface area contributed by atoms with E-state index in [0.717, 1.165) is 24.0 Å². The maximum atomic E-state index is 6.29. The fourth-order valence-corrected chi connectivity index (χ4v) is 2.75. The molecule has 18 heavy (non-hydrogen) atoms. The van der Waals surface area contributed by atoms with Crippen molar-refractivity contribution in [2.24, 2.45) is 0 Å². The molecule has 1 aromatic heterocycles. The van der Waals surface area contributed by atoms with Crippen LogP contribution >= 0.6 is 24.0 Å². The molecule has 4 heteroatoms. The molecule has 1 atom stereocenters. The van der Waals surface area contributed by atoms with E-state index in [-0.39, 0.29) is 12.4 Å². The summed E-state index contributed by atoms with van der Waals surface area (Å²) in [7, 11) is 0. The van der Waals surface area contributed by atoms with E-state index in [2.05, 4.69) is 22.4 Å². The molecule has 3 rings (SSSR count). The molecule has 1 aliphatic heterocycles. The van der Waals surface area contributed by atoms with Gasteiger partial charge < -0.3 is 5.32 Å². The zero-order chi connectivity index (χ0) is 11.7. The lowest BCUT2D eigenvalue weighted by Crippen LogP contribution is -2.27. The fourth-order valence-electron chi connectivity index (χ4n) is 2.47. The SMILES string of the molecule is Cl.Clc1nc2ccccc2cc1[C@@H]1CCCCN1. The average molecular weight is 283 g/mol. The lowest BCUT2D eigenvalue weighted by atomic mass is 9.98. The number of halogens is 2. The van der Waals surface area contributed by atoms with E-state index in [4.69, 9.17) is 11.6 Å². The Labute approximate surface area is 118 Å². The number of nitrogens with zero attached hydrogens (tertiary/aromatic N) is 1. The first-order valence-electron chi connectivity index (χ1n) is 6.13. The van der Waals surface area contributed by atoms with Gasteiger partial charge in [0, 0.05) is 17.0 Å². The van der Waals surface area contributed by atoms with Crippen molar-refractivity contribution in [3.8, 4) is 0 Å². The molecule has 0 unspecified atom stereocenters. The normalized spacial score (nSPS) is 19.5. The van der Waals surface area contributed by atoms with Gasteiger partial charge in [-0.3, -0.25) is 0 Å². The van der Waals surface area contributed by atoms with Crippen LogP contribution in [0.4, 0.5) is 0 Å². The van der Waals surface area contributed by atoms with Crippen LogP contribution in [0.3, 0.4) is 0 Å². The Kier molecular flexibility index (Phi) is 4.44. The third-order valence-electron chi connectivity index (χ3n) is 3.39. The molecule has 1 fully saturated rings. The summed E-state index contributed by atoms with van der Waals surface area (Å²) in [6, 6.07) is 10.7. The molecule has 1 saturated heterocycles. The van der Waals surface area contributed by atoms with Crippen molar-refractivity contribution in [2.75, 3.05) is 6.54 Å². The standard InChI is InChI=1S/C14H15ClN2.ClH/c15-14-11(13-7-3-4-8-16-13)9-10-5-1-2-6-12(10)17-14;/h1-2,5-6,9,13,16H,3-4,7-8H2;1H/t13-;/m0./s1. The molecule has 0 saturated carbocycles. The minimum atomic E-state index is 0. The predicted molar refractivity (Wildman–Crippen MR) is 78.6 cm³/mol. The number of benzene rings is 1. The van der Waals surface area contributed by atoms with E-state index in [1.165, 1.54) is 18.2 Å². The fraction of sp³-hybridized carbons (Fsp3) is 0.357. The second-order valence-corrected chi connectivity index (χ2v) is 4.92. The minimum absolute atomic E-state index is 0. The molecular formula is C14H16Cl2N2. The maximum Gasteiger partial charge on any atom is 0.134 e. The molecule has 0 amide bonds. The molecular weight excluding hydrogens is 267 g/mol. The molecule has 2 heterocycles. The van der Waals surface area contributed by atoms with E-state index in [9.17, 15) is 0 Å². The molecule has 0 aliphatic carbocycles. The second kappa shape index (κ2) is 5.87. The van der Waals surface area contributed by atoms with Gasteiger partial charge in [-0.2, -0.15) is 0 Å². The predicted octanol–water partition coefficient (Wildman–Crippen LogP) is 4.12. The molecule has 96 valence electrons. The Morgan fingerprint density at radius 1 is 1.22 bits per heavy atom. The summed E-state index contributed by atoms with van der Waals surface area (Å²) in [6.07, 6.45) is 3.68. The molecule has 2 nitrogen and oxygen atoms in total. The summed E-state index contributed by atoms with van der Waals surface area (Å²) < 4.78 is 0. The van der Waals surface area contributed by atoms with E-state index < -0.39 is 0 Å². The van der Waals surface area contributed by atoms with Crippen molar-refractivity contribution in [1.82, 2.24) is 10.3 Å². The molecule has 1 aromatic carbocycles. The van der Waals surface area contributed by atoms with Gasteiger partial charge in [0.15, 0.2) is 0 Å². The van der Waals surface area contributed by atoms with E-state index in [1.807, 2.05) is 18.2 Å². The Bertz CT molecular complexity index is 536. The molecule has 0 bridgehead atoms. The highest BCUT2D eigenvalue weighted by Gasteiger charge is 2.18. The van der Waals surface area contributed by atoms with Crippen molar-refractivity contribution in [2.45, 2.75) is 25.3 Å². The number of piperidine rings is 1. The van der Waals surface area contributed by atoms with Gasteiger partial charge in [-0.25, -0.2) is 4.98 Å². The maximum absolute atomic E-state index is 6.29. The van der Waals surface area contributed by atoms with Crippen LogP contribution in [-0.4, -0.2) is 11.5 Å². The molecule has 2 aromatic rings. The van der Waals surface area contributed by atoms with Gasteiger partial charge >= 0.3 is 0 Å². The van der Waals surface area contributed by atoms with Crippen LogP contribution in [0.1, 0.15) is 30.9 Å². The van der Waals surface area contributed by atoms with Crippen LogP contribution < -0.4 is 5.32 Å². The van der Waals surface area contributed by atoms with Crippen molar-refractivity contribution in [1.29, 1.82) is 0 Å². The van der Waals surface area contributed by atoms with Gasteiger partial charge in [-0.15, -0.1) is 12.4 Å². The summed E-state index contributed by atoms with van der Waals surface area (Å²) >= 11 is 6.29. The highest BCUT2D eigenvalue weighted by atomic mass is 35.5. The number of rotatable bonds is 1. The van der Waals surface area contributed by atoms with E-state index in [0.29, 0.717) is 11.2 Å². The first kappa shape index (κ1) is 13.6. The van der Waals surface area contributed by atoms with E-state index in [1.54, 1.807) is 0 Å². The second-order valence-electron chi connectivity index (χ2n) is 4.56. The largest absolute Gasteiger partial charge is 0.310 e. The van der Waals surface area contributed by atoms with Crippen LogP contribution in [0.5, 0.6) is 0 Å². The summed E-state index contributed by atoms with van der Waals surface area (Å²) in [4.78, 5) is 4.48. The quantitative estimate of drug-likeness (QED) is 0.796. The number of aromatic nitrogens is 1. The topological polar surface area (TPSA) is 24.9 Å². The summed E-state index contributed by atoms with van der Waals surface area (Å²) in [5.41, 5.74) is 2.11. The zero-order valence-electron chi connectivity index (χ0n) is 10.0. The molecule has 1 aliphatic rings. The minimum Gasteiger partial charge on any atom is -0.310 e. The monoisotopic (exact) mass is 282 g/mol. The Hall–Kier alpha value is -0.830. The number of para-hydroxylation sites is 1.